The fourth-order valence-corrected chi connectivity index (χ4v) is 2.00. The summed E-state index contributed by atoms with van der Waals surface area (Å²) in [6, 6.07) is 2.80. The van der Waals surface area contributed by atoms with Gasteiger partial charge in [-0.3, -0.25) is 9.63 Å². The van der Waals surface area contributed by atoms with Crippen LogP contribution in [0.1, 0.15) is 36.7 Å². The van der Waals surface area contributed by atoms with Gasteiger partial charge in [0.05, 0.1) is 12.7 Å². The maximum atomic E-state index is 12.7. The Bertz CT molecular complexity index is 530. The number of nitrogens with zero attached hydrogens (tertiary/aromatic N) is 1. The van der Waals surface area contributed by atoms with E-state index in [0.29, 0.717) is 5.56 Å². The van der Waals surface area contributed by atoms with E-state index in [4.69, 9.17) is 16.4 Å². The van der Waals surface area contributed by atoms with Gasteiger partial charge in [0.1, 0.15) is 5.75 Å². The van der Waals surface area contributed by atoms with Crippen LogP contribution in [0.25, 0.3) is 0 Å². The van der Waals surface area contributed by atoms with Gasteiger partial charge in [-0.15, -0.1) is 0 Å². The standard InChI is InChI=1S/C14H18ClF2NO3/c1-14(2,3)10-7-8(15)6-9(11(10)21-13(16)17)12(19)18(4)20-5/h6-7,13H,1-5H3. The summed E-state index contributed by atoms with van der Waals surface area (Å²) in [6.45, 7) is 2.38. The fourth-order valence-electron chi connectivity index (χ4n) is 1.78. The van der Waals surface area contributed by atoms with Gasteiger partial charge in [0.25, 0.3) is 5.91 Å². The largest absolute Gasteiger partial charge is 0.434 e. The molecule has 0 saturated carbocycles. The van der Waals surface area contributed by atoms with Crippen LogP contribution in [0, 0.1) is 0 Å². The van der Waals surface area contributed by atoms with Gasteiger partial charge >= 0.3 is 6.61 Å². The molecule has 0 aromatic heterocycles. The third-order valence-corrected chi connectivity index (χ3v) is 3.08. The average molecular weight is 322 g/mol. The first-order chi connectivity index (χ1) is 9.57. The van der Waals surface area contributed by atoms with Gasteiger partial charge in [-0.1, -0.05) is 32.4 Å². The molecule has 0 heterocycles. The molecule has 0 N–H and O–H groups in total. The molecule has 0 aliphatic carbocycles. The van der Waals surface area contributed by atoms with E-state index in [1.54, 1.807) is 0 Å². The molecule has 0 aliphatic heterocycles. The zero-order valence-electron chi connectivity index (χ0n) is 12.5. The number of carbonyl (C=O) groups is 1. The molecule has 4 nitrogen and oxygen atoms in total. The van der Waals surface area contributed by atoms with E-state index >= 15 is 0 Å². The number of rotatable bonds is 4. The van der Waals surface area contributed by atoms with Gasteiger partial charge in [0, 0.05) is 17.6 Å². The Kier molecular flexibility index (Phi) is 5.53. The van der Waals surface area contributed by atoms with Crippen LogP contribution in [0.15, 0.2) is 12.1 Å². The molecule has 21 heavy (non-hydrogen) atoms. The van der Waals surface area contributed by atoms with E-state index < -0.39 is 17.9 Å². The van der Waals surface area contributed by atoms with Gasteiger partial charge in [-0.05, 0) is 17.5 Å². The van der Waals surface area contributed by atoms with E-state index in [1.165, 1.54) is 26.3 Å². The molecule has 0 unspecified atom stereocenters. The van der Waals surface area contributed by atoms with Crippen LogP contribution >= 0.6 is 11.6 Å². The van der Waals surface area contributed by atoms with Crippen LogP contribution < -0.4 is 4.74 Å². The minimum absolute atomic E-state index is 0.0722. The molecule has 1 rings (SSSR count). The molecular weight excluding hydrogens is 304 g/mol. The molecule has 1 aromatic rings. The lowest BCUT2D eigenvalue weighted by Gasteiger charge is -2.25. The van der Waals surface area contributed by atoms with E-state index in [-0.39, 0.29) is 16.3 Å². The summed E-state index contributed by atoms with van der Waals surface area (Å²) in [6.07, 6.45) is 0. The molecule has 0 radical (unpaired) electrons. The number of hydrogen-bond donors (Lipinski definition) is 0. The number of halogens is 3. The highest BCUT2D eigenvalue weighted by Gasteiger charge is 2.28. The zero-order valence-corrected chi connectivity index (χ0v) is 13.3. The lowest BCUT2D eigenvalue weighted by molar-refractivity contribution is -0.0772. The number of amides is 1. The van der Waals surface area contributed by atoms with Crippen molar-refractivity contribution in [1.29, 1.82) is 0 Å². The van der Waals surface area contributed by atoms with Crippen molar-refractivity contribution in [3.8, 4) is 5.75 Å². The van der Waals surface area contributed by atoms with E-state index in [1.807, 2.05) is 20.8 Å². The van der Waals surface area contributed by atoms with E-state index in [9.17, 15) is 13.6 Å². The Labute approximate surface area is 127 Å². The summed E-state index contributed by atoms with van der Waals surface area (Å²) in [7, 11) is 2.66. The molecule has 1 aromatic carbocycles. The van der Waals surface area contributed by atoms with Crippen LogP contribution in [0.4, 0.5) is 8.78 Å². The quantitative estimate of drug-likeness (QED) is 0.790. The van der Waals surface area contributed by atoms with Crippen molar-refractivity contribution in [3.63, 3.8) is 0 Å². The maximum absolute atomic E-state index is 12.7. The van der Waals surface area contributed by atoms with Crippen molar-refractivity contribution in [1.82, 2.24) is 5.06 Å². The highest BCUT2D eigenvalue weighted by molar-refractivity contribution is 6.31. The Morgan fingerprint density at radius 2 is 1.90 bits per heavy atom. The van der Waals surface area contributed by atoms with Gasteiger partial charge < -0.3 is 4.74 Å². The normalized spacial score (nSPS) is 11.7. The Morgan fingerprint density at radius 3 is 2.33 bits per heavy atom. The number of ether oxygens (including phenoxy) is 1. The minimum Gasteiger partial charge on any atom is -0.434 e. The van der Waals surface area contributed by atoms with E-state index in [2.05, 4.69) is 4.74 Å². The van der Waals surface area contributed by atoms with Crippen molar-refractivity contribution in [3.05, 3.63) is 28.3 Å². The van der Waals surface area contributed by atoms with Crippen molar-refractivity contribution >= 4 is 17.5 Å². The smallest absolute Gasteiger partial charge is 0.387 e. The second-order valence-electron chi connectivity index (χ2n) is 5.44. The summed E-state index contributed by atoms with van der Waals surface area (Å²) < 4.78 is 30.0. The highest BCUT2D eigenvalue weighted by Crippen LogP contribution is 2.38. The summed E-state index contributed by atoms with van der Waals surface area (Å²) in [5.41, 5.74) is -0.185. The number of alkyl halides is 2. The summed E-state index contributed by atoms with van der Waals surface area (Å²) in [4.78, 5) is 17.0. The van der Waals surface area contributed by atoms with Gasteiger partial charge in [0.15, 0.2) is 0 Å². The topological polar surface area (TPSA) is 38.8 Å². The monoisotopic (exact) mass is 321 g/mol. The highest BCUT2D eigenvalue weighted by atomic mass is 35.5. The first kappa shape index (κ1) is 17.7. The molecule has 0 spiro atoms. The number of benzene rings is 1. The number of hydroxylamine groups is 2. The number of carbonyl (C=O) groups excluding carboxylic acids is 1. The lowest BCUT2D eigenvalue weighted by atomic mass is 9.85. The molecule has 7 heteroatoms. The molecule has 118 valence electrons. The fraction of sp³-hybridized carbons (Fsp3) is 0.500. The van der Waals surface area contributed by atoms with Gasteiger partial charge in [-0.2, -0.15) is 8.78 Å². The Morgan fingerprint density at radius 1 is 1.33 bits per heavy atom. The van der Waals surface area contributed by atoms with Gasteiger partial charge in [-0.25, -0.2) is 5.06 Å². The predicted molar refractivity (Wildman–Crippen MR) is 75.9 cm³/mol. The van der Waals surface area contributed by atoms with Crippen molar-refractivity contribution in [2.45, 2.75) is 32.8 Å². The van der Waals surface area contributed by atoms with Crippen LogP contribution in [0.2, 0.25) is 5.02 Å². The molecular formula is C14H18ClF2NO3. The molecule has 0 fully saturated rings. The molecule has 1 amide bonds. The summed E-state index contributed by atoms with van der Waals surface area (Å²) >= 11 is 6.00. The molecule has 0 bridgehead atoms. The molecule has 0 aliphatic rings. The molecule has 0 atom stereocenters. The second-order valence-corrected chi connectivity index (χ2v) is 5.88. The third kappa shape index (κ3) is 4.28. The van der Waals surface area contributed by atoms with Crippen LogP contribution in [0.5, 0.6) is 5.75 Å². The van der Waals surface area contributed by atoms with Gasteiger partial charge in [0.2, 0.25) is 0 Å². The van der Waals surface area contributed by atoms with Crippen LogP contribution in [0.3, 0.4) is 0 Å². The average Bonchev–Trinajstić information content (AvgIpc) is 2.36. The third-order valence-electron chi connectivity index (χ3n) is 2.86. The predicted octanol–water partition coefficient (Wildman–Crippen LogP) is 3.87. The van der Waals surface area contributed by atoms with Crippen molar-refractivity contribution in [2.24, 2.45) is 0 Å². The Balaban J connectivity index is 3.54. The van der Waals surface area contributed by atoms with Crippen molar-refractivity contribution < 1.29 is 23.1 Å². The van der Waals surface area contributed by atoms with Crippen LogP contribution in [-0.2, 0) is 10.3 Å². The maximum Gasteiger partial charge on any atom is 0.387 e. The van der Waals surface area contributed by atoms with E-state index in [0.717, 1.165) is 5.06 Å². The summed E-state index contributed by atoms with van der Waals surface area (Å²) in [5.74, 6) is -0.808. The first-order valence-corrected chi connectivity index (χ1v) is 6.56. The van der Waals surface area contributed by atoms with Crippen molar-refractivity contribution in [2.75, 3.05) is 14.2 Å². The summed E-state index contributed by atoms with van der Waals surface area (Å²) in [5, 5.41) is 1.17. The Hall–Kier alpha value is -1.40. The SMILES string of the molecule is CON(C)C(=O)c1cc(Cl)cc(C(C)(C)C)c1OC(F)F. The number of hydrogen-bond acceptors (Lipinski definition) is 3. The van der Waals surface area contributed by atoms with Crippen LogP contribution in [-0.4, -0.2) is 31.7 Å². The minimum atomic E-state index is -3.05. The second kappa shape index (κ2) is 6.58. The zero-order chi connectivity index (χ0) is 16.4. The lowest BCUT2D eigenvalue weighted by Crippen LogP contribution is -2.27. The molecule has 0 saturated heterocycles. The first-order valence-electron chi connectivity index (χ1n) is 6.19.